The molecule has 0 radical (unpaired) electrons. The highest BCUT2D eigenvalue weighted by atomic mass is 127. The molecule has 0 spiro atoms. The molecule has 0 amide bonds. The van der Waals surface area contributed by atoms with Crippen LogP contribution in [0.3, 0.4) is 0 Å². The summed E-state index contributed by atoms with van der Waals surface area (Å²) >= 11 is 1.80. The van der Waals surface area contributed by atoms with Crippen molar-refractivity contribution in [3.8, 4) is 0 Å². The molecule has 1 aromatic heterocycles. The zero-order valence-corrected chi connectivity index (χ0v) is 16.3. The first kappa shape index (κ1) is 19.7. The van der Waals surface area contributed by atoms with Gasteiger partial charge in [0.25, 0.3) is 0 Å². The molecule has 1 aromatic rings. The Hall–Kier alpha value is -0.300. The quantitative estimate of drug-likeness (QED) is 0.422. The SMILES string of the molecule is CCNC(=NCC(C)c1cccs1)NC(C)C(C)C.I. The van der Waals surface area contributed by atoms with Crippen molar-refractivity contribution in [3.05, 3.63) is 22.4 Å². The molecule has 0 aliphatic heterocycles. The fourth-order valence-electron chi connectivity index (χ4n) is 1.59. The summed E-state index contributed by atoms with van der Waals surface area (Å²) in [6, 6.07) is 4.71. The van der Waals surface area contributed by atoms with Gasteiger partial charge in [0, 0.05) is 23.4 Å². The van der Waals surface area contributed by atoms with Crippen molar-refractivity contribution in [2.75, 3.05) is 13.1 Å². The molecule has 1 heterocycles. The van der Waals surface area contributed by atoms with E-state index in [1.54, 1.807) is 11.3 Å². The van der Waals surface area contributed by atoms with Crippen LogP contribution >= 0.6 is 35.3 Å². The van der Waals surface area contributed by atoms with Crippen LogP contribution in [0.2, 0.25) is 0 Å². The standard InChI is InChI=1S/C15H27N3S.HI/c1-6-16-15(18-13(5)11(2)3)17-10-12(4)14-8-7-9-19-14;/h7-9,11-13H,6,10H2,1-5H3,(H2,16,17,18);1H. The van der Waals surface area contributed by atoms with Crippen LogP contribution in [0.5, 0.6) is 0 Å². The van der Waals surface area contributed by atoms with E-state index in [1.165, 1.54) is 4.88 Å². The molecule has 0 bridgehead atoms. The van der Waals surface area contributed by atoms with Gasteiger partial charge in [0.15, 0.2) is 5.96 Å². The molecule has 0 saturated heterocycles. The van der Waals surface area contributed by atoms with Crippen LogP contribution < -0.4 is 10.6 Å². The summed E-state index contributed by atoms with van der Waals surface area (Å²) in [4.78, 5) is 6.09. The molecule has 116 valence electrons. The summed E-state index contributed by atoms with van der Waals surface area (Å²) in [6.45, 7) is 12.7. The van der Waals surface area contributed by atoms with Gasteiger partial charge in [0.1, 0.15) is 0 Å². The first-order valence-corrected chi connectivity index (χ1v) is 8.00. The maximum absolute atomic E-state index is 4.69. The van der Waals surface area contributed by atoms with Crippen molar-refractivity contribution in [1.82, 2.24) is 10.6 Å². The summed E-state index contributed by atoms with van der Waals surface area (Å²) in [6.07, 6.45) is 0. The molecule has 0 aromatic carbocycles. The summed E-state index contributed by atoms with van der Waals surface area (Å²) in [7, 11) is 0. The Morgan fingerprint density at radius 3 is 2.50 bits per heavy atom. The van der Waals surface area contributed by atoms with Gasteiger partial charge in [0.05, 0.1) is 6.54 Å². The fourth-order valence-corrected chi connectivity index (χ4v) is 2.37. The second-order valence-electron chi connectivity index (χ2n) is 5.31. The van der Waals surface area contributed by atoms with Gasteiger partial charge >= 0.3 is 0 Å². The van der Waals surface area contributed by atoms with E-state index in [0.717, 1.165) is 19.0 Å². The lowest BCUT2D eigenvalue weighted by Gasteiger charge is -2.21. The molecule has 20 heavy (non-hydrogen) atoms. The van der Waals surface area contributed by atoms with E-state index in [4.69, 9.17) is 4.99 Å². The summed E-state index contributed by atoms with van der Waals surface area (Å²) in [5, 5.41) is 8.90. The lowest BCUT2D eigenvalue weighted by molar-refractivity contribution is 0.480. The summed E-state index contributed by atoms with van der Waals surface area (Å²) in [5.74, 6) is 2.00. The average molecular weight is 409 g/mol. The molecule has 3 nitrogen and oxygen atoms in total. The third kappa shape index (κ3) is 6.92. The number of hydrogen-bond donors (Lipinski definition) is 2. The van der Waals surface area contributed by atoms with Crippen LogP contribution in [0, 0.1) is 5.92 Å². The van der Waals surface area contributed by atoms with Gasteiger partial charge in [0.2, 0.25) is 0 Å². The molecule has 2 unspecified atom stereocenters. The first-order valence-electron chi connectivity index (χ1n) is 7.12. The average Bonchev–Trinajstić information content (AvgIpc) is 2.89. The normalized spacial score (nSPS) is 14.6. The minimum atomic E-state index is 0. The van der Waals surface area contributed by atoms with Gasteiger partial charge < -0.3 is 10.6 Å². The third-order valence-electron chi connectivity index (χ3n) is 3.26. The van der Waals surface area contributed by atoms with Crippen molar-refractivity contribution in [3.63, 3.8) is 0 Å². The molecule has 1 rings (SSSR count). The number of hydrogen-bond acceptors (Lipinski definition) is 2. The van der Waals surface area contributed by atoms with Gasteiger partial charge in [-0.2, -0.15) is 0 Å². The van der Waals surface area contributed by atoms with E-state index in [-0.39, 0.29) is 24.0 Å². The second kappa shape index (κ2) is 10.4. The second-order valence-corrected chi connectivity index (χ2v) is 6.29. The maximum atomic E-state index is 4.69. The number of guanidine groups is 1. The van der Waals surface area contributed by atoms with Crippen LogP contribution in [-0.4, -0.2) is 25.1 Å². The van der Waals surface area contributed by atoms with Crippen LogP contribution in [0.15, 0.2) is 22.5 Å². The van der Waals surface area contributed by atoms with Gasteiger partial charge in [-0.15, -0.1) is 35.3 Å². The van der Waals surface area contributed by atoms with E-state index in [2.05, 4.69) is 62.8 Å². The number of halogens is 1. The van der Waals surface area contributed by atoms with E-state index in [1.807, 2.05) is 0 Å². The Morgan fingerprint density at radius 1 is 1.30 bits per heavy atom. The van der Waals surface area contributed by atoms with E-state index >= 15 is 0 Å². The Morgan fingerprint density at radius 2 is 2.00 bits per heavy atom. The number of nitrogens with one attached hydrogen (secondary N) is 2. The van der Waals surface area contributed by atoms with Crippen molar-refractivity contribution < 1.29 is 0 Å². The zero-order valence-electron chi connectivity index (χ0n) is 13.1. The van der Waals surface area contributed by atoms with Gasteiger partial charge in [-0.05, 0) is 31.2 Å². The van der Waals surface area contributed by atoms with E-state index in [0.29, 0.717) is 17.9 Å². The number of aliphatic imine (C=N–C) groups is 1. The predicted octanol–water partition coefficient (Wildman–Crippen LogP) is 4.07. The Labute approximate surface area is 144 Å². The van der Waals surface area contributed by atoms with Crippen molar-refractivity contribution in [1.29, 1.82) is 0 Å². The summed E-state index contributed by atoms with van der Waals surface area (Å²) < 4.78 is 0. The minimum Gasteiger partial charge on any atom is -0.357 e. The van der Waals surface area contributed by atoms with Gasteiger partial charge in [-0.25, -0.2) is 0 Å². The molecule has 2 atom stereocenters. The largest absolute Gasteiger partial charge is 0.357 e. The molecule has 2 N–H and O–H groups in total. The van der Waals surface area contributed by atoms with Gasteiger partial charge in [-0.3, -0.25) is 4.99 Å². The van der Waals surface area contributed by atoms with E-state index in [9.17, 15) is 0 Å². The highest BCUT2D eigenvalue weighted by molar-refractivity contribution is 14.0. The molecule has 0 fully saturated rings. The Bertz CT molecular complexity index is 376. The Balaban J connectivity index is 0.00000361. The molecular formula is C15H28IN3S. The van der Waals surface area contributed by atoms with Crippen molar-refractivity contribution in [2.45, 2.75) is 46.6 Å². The maximum Gasteiger partial charge on any atom is 0.191 e. The van der Waals surface area contributed by atoms with Crippen LogP contribution in [0.1, 0.15) is 45.4 Å². The smallest absolute Gasteiger partial charge is 0.191 e. The monoisotopic (exact) mass is 409 g/mol. The van der Waals surface area contributed by atoms with Gasteiger partial charge in [-0.1, -0.05) is 26.8 Å². The lowest BCUT2D eigenvalue weighted by Crippen LogP contribution is -2.44. The molecule has 0 saturated carbocycles. The highest BCUT2D eigenvalue weighted by Crippen LogP contribution is 2.20. The fraction of sp³-hybridized carbons (Fsp3) is 0.667. The third-order valence-corrected chi connectivity index (χ3v) is 4.36. The zero-order chi connectivity index (χ0) is 14.3. The van der Waals surface area contributed by atoms with Crippen LogP contribution in [-0.2, 0) is 0 Å². The molecule has 0 aliphatic rings. The van der Waals surface area contributed by atoms with Crippen LogP contribution in [0.25, 0.3) is 0 Å². The number of nitrogens with zero attached hydrogens (tertiary/aromatic N) is 1. The minimum absolute atomic E-state index is 0. The number of thiophene rings is 1. The first-order chi connectivity index (χ1) is 9.04. The highest BCUT2D eigenvalue weighted by Gasteiger charge is 2.10. The molecule has 5 heteroatoms. The van der Waals surface area contributed by atoms with Crippen molar-refractivity contribution >= 4 is 41.3 Å². The van der Waals surface area contributed by atoms with E-state index < -0.39 is 0 Å². The topological polar surface area (TPSA) is 36.4 Å². The lowest BCUT2D eigenvalue weighted by atomic mass is 10.1. The van der Waals surface area contributed by atoms with Crippen molar-refractivity contribution in [2.24, 2.45) is 10.9 Å². The van der Waals surface area contributed by atoms with Crippen LogP contribution in [0.4, 0.5) is 0 Å². The molecule has 0 aliphatic carbocycles. The predicted molar refractivity (Wildman–Crippen MR) is 102 cm³/mol. The number of rotatable bonds is 6. The molecular weight excluding hydrogens is 381 g/mol. The summed E-state index contributed by atoms with van der Waals surface area (Å²) in [5.41, 5.74) is 0. The Kier molecular flexibility index (Phi) is 10.3.